The van der Waals surface area contributed by atoms with E-state index in [2.05, 4.69) is 4.98 Å². The molecule has 0 unspecified atom stereocenters. The Kier molecular flexibility index (Phi) is 3.30. The van der Waals surface area contributed by atoms with Gasteiger partial charge in [0.25, 0.3) is 0 Å². The smallest absolute Gasteiger partial charge is 0.335 e. The van der Waals surface area contributed by atoms with E-state index in [9.17, 15) is 4.79 Å². The van der Waals surface area contributed by atoms with Crippen LogP contribution >= 0.6 is 12.4 Å². The highest BCUT2D eigenvalue weighted by molar-refractivity contribution is 5.87. The van der Waals surface area contributed by atoms with Gasteiger partial charge >= 0.3 is 5.97 Å². The summed E-state index contributed by atoms with van der Waals surface area (Å²) in [6.07, 6.45) is 3.77. The van der Waals surface area contributed by atoms with Crippen LogP contribution < -0.4 is 4.74 Å². The van der Waals surface area contributed by atoms with Crippen molar-refractivity contribution in [3.63, 3.8) is 0 Å². The summed E-state index contributed by atoms with van der Waals surface area (Å²) >= 11 is 0. The number of rotatable bonds is 3. The van der Waals surface area contributed by atoms with Gasteiger partial charge in [0, 0.05) is 12.3 Å². The summed E-state index contributed by atoms with van der Waals surface area (Å²) in [7, 11) is 0. The molecule has 0 amide bonds. The third-order valence-corrected chi connectivity index (χ3v) is 1.79. The summed E-state index contributed by atoms with van der Waals surface area (Å²) in [5.74, 6) is -0.551. The van der Waals surface area contributed by atoms with Crippen molar-refractivity contribution in [2.24, 2.45) is 0 Å². The molecular weight excluding hydrogens is 206 g/mol. The number of pyridine rings is 1. The maximum Gasteiger partial charge on any atom is 0.335 e. The molecule has 0 aliphatic heterocycles. The standard InChI is InChI=1S/C9H9NO3.ClH/c11-9(12)6-3-4-10-8(5-6)13-7-1-2-7;/h3-5,7H,1-2H2,(H,11,12);1H. The maximum atomic E-state index is 10.6. The molecule has 0 saturated heterocycles. The van der Waals surface area contributed by atoms with Gasteiger partial charge in [0.1, 0.15) is 6.10 Å². The van der Waals surface area contributed by atoms with Crippen molar-refractivity contribution in [1.82, 2.24) is 4.98 Å². The van der Waals surface area contributed by atoms with Crippen molar-refractivity contribution < 1.29 is 14.6 Å². The van der Waals surface area contributed by atoms with Gasteiger partial charge in [-0.2, -0.15) is 0 Å². The van der Waals surface area contributed by atoms with Gasteiger partial charge in [0.2, 0.25) is 5.88 Å². The predicted octanol–water partition coefficient (Wildman–Crippen LogP) is 1.74. The van der Waals surface area contributed by atoms with Crippen molar-refractivity contribution in [3.05, 3.63) is 23.9 Å². The molecule has 4 nitrogen and oxygen atoms in total. The molecular formula is C9H10ClNO3. The quantitative estimate of drug-likeness (QED) is 0.835. The summed E-state index contributed by atoms with van der Waals surface area (Å²) in [6.45, 7) is 0. The SMILES string of the molecule is Cl.O=C(O)c1ccnc(OC2CC2)c1. The minimum Gasteiger partial charge on any atom is -0.478 e. The number of hydrogen-bond donors (Lipinski definition) is 1. The van der Waals surface area contributed by atoms with Gasteiger partial charge in [0.05, 0.1) is 5.56 Å². The molecule has 0 spiro atoms. The Bertz CT molecular complexity index is 339. The van der Waals surface area contributed by atoms with Crippen LogP contribution in [-0.4, -0.2) is 22.2 Å². The molecule has 0 bridgehead atoms. The lowest BCUT2D eigenvalue weighted by atomic mass is 10.3. The van der Waals surface area contributed by atoms with Crippen molar-refractivity contribution in [3.8, 4) is 5.88 Å². The van der Waals surface area contributed by atoms with Gasteiger partial charge in [-0.1, -0.05) is 0 Å². The highest BCUT2D eigenvalue weighted by Gasteiger charge is 2.24. The summed E-state index contributed by atoms with van der Waals surface area (Å²) in [5, 5.41) is 8.68. The predicted molar refractivity (Wildman–Crippen MR) is 52.1 cm³/mol. The molecule has 0 atom stereocenters. The van der Waals surface area contributed by atoms with Crippen molar-refractivity contribution in [1.29, 1.82) is 0 Å². The Balaban J connectivity index is 0.000000980. The van der Waals surface area contributed by atoms with Gasteiger partial charge in [-0.05, 0) is 18.9 Å². The Morgan fingerprint density at radius 2 is 2.29 bits per heavy atom. The zero-order valence-electron chi connectivity index (χ0n) is 7.34. The summed E-state index contributed by atoms with van der Waals surface area (Å²) in [6, 6.07) is 2.89. The minimum atomic E-state index is -0.956. The Labute approximate surface area is 87.3 Å². The molecule has 1 aliphatic carbocycles. The molecule has 1 aromatic rings. The fourth-order valence-electron chi connectivity index (χ4n) is 0.964. The molecule has 1 heterocycles. The van der Waals surface area contributed by atoms with E-state index in [1.165, 1.54) is 18.3 Å². The number of aromatic nitrogens is 1. The van der Waals surface area contributed by atoms with Crippen LogP contribution in [-0.2, 0) is 0 Å². The number of aromatic carboxylic acids is 1. The van der Waals surface area contributed by atoms with E-state index >= 15 is 0 Å². The van der Waals surface area contributed by atoms with Crippen LogP contribution in [0.15, 0.2) is 18.3 Å². The first-order valence-corrected chi connectivity index (χ1v) is 4.12. The van der Waals surface area contributed by atoms with E-state index in [1.54, 1.807) is 0 Å². The lowest BCUT2D eigenvalue weighted by Crippen LogP contribution is -2.01. The van der Waals surface area contributed by atoms with Crippen LogP contribution in [0.5, 0.6) is 5.88 Å². The molecule has 2 rings (SSSR count). The fourth-order valence-corrected chi connectivity index (χ4v) is 0.964. The van der Waals surface area contributed by atoms with Crippen LogP contribution in [0.4, 0.5) is 0 Å². The molecule has 1 saturated carbocycles. The van der Waals surface area contributed by atoms with E-state index < -0.39 is 5.97 Å². The van der Waals surface area contributed by atoms with E-state index in [-0.39, 0.29) is 24.1 Å². The molecule has 5 heteroatoms. The fraction of sp³-hybridized carbons (Fsp3) is 0.333. The van der Waals surface area contributed by atoms with Gasteiger partial charge in [0.15, 0.2) is 0 Å². The zero-order valence-corrected chi connectivity index (χ0v) is 8.16. The Hall–Kier alpha value is -1.29. The average molecular weight is 216 g/mol. The second-order valence-corrected chi connectivity index (χ2v) is 3.01. The van der Waals surface area contributed by atoms with Crippen LogP contribution in [0.3, 0.4) is 0 Å². The van der Waals surface area contributed by atoms with E-state index in [0.717, 1.165) is 12.8 Å². The first-order valence-electron chi connectivity index (χ1n) is 4.12. The second kappa shape index (κ2) is 4.28. The van der Waals surface area contributed by atoms with Crippen molar-refractivity contribution in [2.75, 3.05) is 0 Å². The van der Waals surface area contributed by atoms with Crippen LogP contribution in [0, 0.1) is 0 Å². The Morgan fingerprint density at radius 3 is 2.86 bits per heavy atom. The minimum absolute atomic E-state index is 0. The number of nitrogens with zero attached hydrogens (tertiary/aromatic N) is 1. The number of ether oxygens (including phenoxy) is 1. The Morgan fingerprint density at radius 1 is 1.57 bits per heavy atom. The lowest BCUT2D eigenvalue weighted by Gasteiger charge is -2.02. The molecule has 1 aliphatic rings. The van der Waals surface area contributed by atoms with Crippen molar-refractivity contribution in [2.45, 2.75) is 18.9 Å². The highest BCUT2D eigenvalue weighted by Crippen LogP contribution is 2.25. The number of carboxylic acids is 1. The summed E-state index contributed by atoms with van der Waals surface area (Å²) in [5.41, 5.74) is 0.214. The summed E-state index contributed by atoms with van der Waals surface area (Å²) in [4.78, 5) is 14.5. The van der Waals surface area contributed by atoms with Gasteiger partial charge in [-0.3, -0.25) is 0 Å². The number of hydrogen-bond acceptors (Lipinski definition) is 3. The number of carbonyl (C=O) groups is 1. The molecule has 0 aromatic carbocycles. The normalized spacial score (nSPS) is 14.3. The first kappa shape index (κ1) is 10.8. The molecule has 76 valence electrons. The highest BCUT2D eigenvalue weighted by atomic mass is 35.5. The number of carboxylic acid groups (broad SMARTS) is 1. The van der Waals surface area contributed by atoms with Gasteiger partial charge in [-0.25, -0.2) is 9.78 Å². The lowest BCUT2D eigenvalue weighted by molar-refractivity contribution is 0.0696. The largest absolute Gasteiger partial charge is 0.478 e. The van der Waals surface area contributed by atoms with Crippen LogP contribution in [0.1, 0.15) is 23.2 Å². The van der Waals surface area contributed by atoms with Crippen LogP contribution in [0.25, 0.3) is 0 Å². The first-order chi connectivity index (χ1) is 6.25. The second-order valence-electron chi connectivity index (χ2n) is 3.01. The van der Waals surface area contributed by atoms with E-state index in [4.69, 9.17) is 9.84 Å². The monoisotopic (exact) mass is 215 g/mol. The zero-order chi connectivity index (χ0) is 9.26. The van der Waals surface area contributed by atoms with Crippen LogP contribution in [0.2, 0.25) is 0 Å². The number of halogens is 1. The molecule has 1 fully saturated rings. The van der Waals surface area contributed by atoms with Crippen molar-refractivity contribution >= 4 is 18.4 Å². The van der Waals surface area contributed by atoms with Gasteiger partial charge < -0.3 is 9.84 Å². The maximum absolute atomic E-state index is 10.6. The van der Waals surface area contributed by atoms with E-state index in [0.29, 0.717) is 5.88 Å². The topological polar surface area (TPSA) is 59.4 Å². The molecule has 1 aromatic heterocycles. The molecule has 14 heavy (non-hydrogen) atoms. The van der Waals surface area contributed by atoms with E-state index in [1.807, 2.05) is 0 Å². The molecule has 0 radical (unpaired) electrons. The van der Waals surface area contributed by atoms with Gasteiger partial charge in [-0.15, -0.1) is 12.4 Å². The molecule has 1 N–H and O–H groups in total. The third kappa shape index (κ3) is 2.60. The summed E-state index contributed by atoms with van der Waals surface area (Å²) < 4.78 is 5.34. The third-order valence-electron chi connectivity index (χ3n) is 1.79. The average Bonchev–Trinajstić information content (AvgIpc) is 2.89.